The molecule has 0 amide bonds. The first-order valence-electron chi connectivity index (χ1n) is 4.81. The molecular formula is C10H18N2O. The zero-order valence-electron chi connectivity index (χ0n) is 8.87. The van der Waals surface area contributed by atoms with Crippen LogP contribution < -0.4 is 0 Å². The summed E-state index contributed by atoms with van der Waals surface area (Å²) in [7, 11) is 1.96. The van der Waals surface area contributed by atoms with Crippen molar-refractivity contribution in [2.24, 2.45) is 10.9 Å². The van der Waals surface area contributed by atoms with Gasteiger partial charge in [-0.25, -0.2) is 0 Å². The molecule has 0 unspecified atom stereocenters. The molecule has 13 heavy (non-hydrogen) atoms. The van der Waals surface area contributed by atoms with Crippen LogP contribution in [-0.4, -0.2) is 36.2 Å². The molecule has 74 valence electrons. The number of Topliss-reactive ketones (excluding diaryl/α,β-unsaturated/α-hetero) is 1. The molecule has 0 aromatic carbocycles. The first-order chi connectivity index (χ1) is 6.04. The van der Waals surface area contributed by atoms with Crippen LogP contribution in [0.5, 0.6) is 0 Å². The third-order valence-corrected chi connectivity index (χ3v) is 2.49. The Morgan fingerprint density at radius 3 is 2.69 bits per heavy atom. The van der Waals surface area contributed by atoms with Crippen molar-refractivity contribution in [3.05, 3.63) is 0 Å². The second-order valence-corrected chi connectivity index (χ2v) is 3.92. The van der Waals surface area contributed by atoms with Gasteiger partial charge in [0.25, 0.3) is 0 Å². The van der Waals surface area contributed by atoms with E-state index in [2.05, 4.69) is 18.8 Å². The maximum atomic E-state index is 11.3. The van der Waals surface area contributed by atoms with E-state index in [0.29, 0.717) is 5.92 Å². The number of likely N-dealkylation sites (N-methyl/N-ethyl adjacent to an activating group) is 1. The SMILES string of the molecule is CC(=O)[C@H]1CCN=C(C(C)C)N1C. The number of nitrogens with zero attached hydrogens (tertiary/aromatic N) is 2. The molecule has 3 heteroatoms. The molecule has 1 rings (SSSR count). The summed E-state index contributed by atoms with van der Waals surface area (Å²) in [6.07, 6.45) is 0.863. The van der Waals surface area contributed by atoms with Gasteiger partial charge in [-0.05, 0) is 13.3 Å². The van der Waals surface area contributed by atoms with Gasteiger partial charge in [0.2, 0.25) is 0 Å². The number of ketones is 1. The van der Waals surface area contributed by atoms with E-state index in [1.54, 1.807) is 6.92 Å². The van der Waals surface area contributed by atoms with Crippen LogP contribution in [-0.2, 0) is 4.79 Å². The molecular weight excluding hydrogens is 164 g/mol. The predicted molar refractivity (Wildman–Crippen MR) is 54.0 cm³/mol. The second kappa shape index (κ2) is 3.90. The summed E-state index contributed by atoms with van der Waals surface area (Å²) in [6, 6.07) is 0.0508. The van der Waals surface area contributed by atoms with Crippen LogP contribution in [0.4, 0.5) is 0 Å². The fourth-order valence-electron chi connectivity index (χ4n) is 1.83. The number of rotatable bonds is 2. The van der Waals surface area contributed by atoms with E-state index in [0.717, 1.165) is 18.8 Å². The summed E-state index contributed by atoms with van der Waals surface area (Å²) >= 11 is 0. The summed E-state index contributed by atoms with van der Waals surface area (Å²) in [5.41, 5.74) is 0. The van der Waals surface area contributed by atoms with Crippen LogP contribution in [0.25, 0.3) is 0 Å². The molecule has 0 aromatic rings. The van der Waals surface area contributed by atoms with Crippen molar-refractivity contribution in [3.8, 4) is 0 Å². The molecule has 0 N–H and O–H groups in total. The molecule has 1 heterocycles. The Morgan fingerprint density at radius 1 is 1.62 bits per heavy atom. The molecule has 3 nitrogen and oxygen atoms in total. The van der Waals surface area contributed by atoms with E-state index in [-0.39, 0.29) is 11.8 Å². The molecule has 0 bridgehead atoms. The lowest BCUT2D eigenvalue weighted by Gasteiger charge is -2.34. The quantitative estimate of drug-likeness (QED) is 0.645. The summed E-state index contributed by atoms with van der Waals surface area (Å²) in [6.45, 7) is 6.67. The highest BCUT2D eigenvalue weighted by molar-refractivity contribution is 5.91. The van der Waals surface area contributed by atoms with E-state index < -0.39 is 0 Å². The molecule has 0 aromatic heterocycles. The average molecular weight is 182 g/mol. The summed E-state index contributed by atoms with van der Waals surface area (Å²) < 4.78 is 0. The fraction of sp³-hybridized carbons (Fsp3) is 0.800. The summed E-state index contributed by atoms with van der Waals surface area (Å²) in [5.74, 6) is 1.72. The maximum Gasteiger partial charge on any atom is 0.152 e. The molecule has 0 radical (unpaired) electrons. The Morgan fingerprint density at radius 2 is 2.23 bits per heavy atom. The van der Waals surface area contributed by atoms with Crippen molar-refractivity contribution in [2.75, 3.05) is 13.6 Å². The van der Waals surface area contributed by atoms with Crippen molar-refractivity contribution >= 4 is 11.6 Å². The summed E-state index contributed by atoms with van der Waals surface area (Å²) in [5, 5.41) is 0. The van der Waals surface area contributed by atoms with Gasteiger partial charge in [0.05, 0.1) is 6.04 Å². The Balaban J connectivity index is 2.79. The van der Waals surface area contributed by atoms with Crippen LogP contribution in [0, 0.1) is 5.92 Å². The van der Waals surface area contributed by atoms with Gasteiger partial charge in [-0.15, -0.1) is 0 Å². The third kappa shape index (κ3) is 2.08. The Bertz CT molecular complexity index is 233. The van der Waals surface area contributed by atoms with E-state index >= 15 is 0 Å². The highest BCUT2D eigenvalue weighted by Gasteiger charge is 2.26. The number of hydrogen-bond acceptors (Lipinski definition) is 3. The topological polar surface area (TPSA) is 32.7 Å². The Kier molecular flexibility index (Phi) is 3.07. The van der Waals surface area contributed by atoms with Crippen LogP contribution in [0.15, 0.2) is 4.99 Å². The van der Waals surface area contributed by atoms with Crippen LogP contribution in [0.2, 0.25) is 0 Å². The number of carbonyl (C=O) groups is 1. The molecule has 1 aliphatic heterocycles. The Hall–Kier alpha value is -0.860. The van der Waals surface area contributed by atoms with Crippen molar-refractivity contribution in [1.82, 2.24) is 4.90 Å². The van der Waals surface area contributed by atoms with E-state index in [4.69, 9.17) is 0 Å². The normalized spacial score (nSPS) is 23.3. The van der Waals surface area contributed by atoms with Crippen molar-refractivity contribution in [2.45, 2.75) is 33.2 Å². The highest BCUT2D eigenvalue weighted by Crippen LogP contribution is 2.15. The van der Waals surface area contributed by atoms with Gasteiger partial charge in [-0.1, -0.05) is 13.8 Å². The number of amidine groups is 1. The molecule has 1 atom stereocenters. The van der Waals surface area contributed by atoms with E-state index in [9.17, 15) is 4.79 Å². The summed E-state index contributed by atoms with van der Waals surface area (Å²) in [4.78, 5) is 17.7. The number of carbonyl (C=O) groups excluding carboxylic acids is 1. The van der Waals surface area contributed by atoms with E-state index in [1.807, 2.05) is 11.9 Å². The van der Waals surface area contributed by atoms with Crippen LogP contribution in [0.1, 0.15) is 27.2 Å². The lowest BCUT2D eigenvalue weighted by Crippen LogP contribution is -2.46. The number of hydrogen-bond donors (Lipinski definition) is 0. The van der Waals surface area contributed by atoms with Crippen molar-refractivity contribution in [3.63, 3.8) is 0 Å². The average Bonchev–Trinajstić information content (AvgIpc) is 2.03. The molecule has 0 fully saturated rings. The lowest BCUT2D eigenvalue weighted by atomic mass is 10.0. The van der Waals surface area contributed by atoms with E-state index in [1.165, 1.54) is 0 Å². The Labute approximate surface area is 79.8 Å². The van der Waals surface area contributed by atoms with Gasteiger partial charge in [0, 0.05) is 19.5 Å². The largest absolute Gasteiger partial charge is 0.353 e. The fourth-order valence-corrected chi connectivity index (χ4v) is 1.83. The second-order valence-electron chi connectivity index (χ2n) is 3.92. The van der Waals surface area contributed by atoms with Gasteiger partial charge in [-0.2, -0.15) is 0 Å². The molecule has 0 spiro atoms. The van der Waals surface area contributed by atoms with Gasteiger partial charge < -0.3 is 4.90 Å². The minimum Gasteiger partial charge on any atom is -0.353 e. The third-order valence-electron chi connectivity index (χ3n) is 2.49. The zero-order chi connectivity index (χ0) is 10.0. The van der Waals surface area contributed by atoms with Gasteiger partial charge >= 0.3 is 0 Å². The molecule has 1 aliphatic rings. The van der Waals surface area contributed by atoms with Crippen molar-refractivity contribution < 1.29 is 4.79 Å². The minimum absolute atomic E-state index is 0.0508. The molecule has 0 saturated heterocycles. The van der Waals surface area contributed by atoms with Crippen molar-refractivity contribution in [1.29, 1.82) is 0 Å². The standard InChI is InChI=1S/C10H18N2O/c1-7(2)10-11-6-5-9(8(3)13)12(10)4/h7,9H,5-6H2,1-4H3/t9-/m1/s1. The van der Waals surface area contributed by atoms with Gasteiger partial charge in [-0.3, -0.25) is 9.79 Å². The van der Waals surface area contributed by atoms with Gasteiger partial charge in [0.15, 0.2) is 5.78 Å². The molecule has 0 aliphatic carbocycles. The van der Waals surface area contributed by atoms with Gasteiger partial charge in [0.1, 0.15) is 5.84 Å². The predicted octanol–water partition coefficient (Wildman–Crippen LogP) is 1.33. The first kappa shape index (κ1) is 10.2. The van der Waals surface area contributed by atoms with Crippen LogP contribution >= 0.6 is 0 Å². The first-order valence-corrected chi connectivity index (χ1v) is 4.81. The molecule has 0 saturated carbocycles. The maximum absolute atomic E-state index is 11.3. The zero-order valence-corrected chi connectivity index (χ0v) is 8.87. The minimum atomic E-state index is 0.0508. The van der Waals surface area contributed by atoms with Crippen LogP contribution in [0.3, 0.4) is 0 Å². The lowest BCUT2D eigenvalue weighted by molar-refractivity contribution is -0.120. The monoisotopic (exact) mass is 182 g/mol. The highest BCUT2D eigenvalue weighted by atomic mass is 16.1. The number of aliphatic imine (C=N–C) groups is 1. The smallest absolute Gasteiger partial charge is 0.152 e.